The fourth-order valence-electron chi connectivity index (χ4n) is 1.80. The van der Waals surface area contributed by atoms with Crippen molar-refractivity contribution in [3.05, 3.63) is 34.6 Å². The zero-order valence-corrected chi connectivity index (χ0v) is 11.2. The molecule has 2 heteroatoms. The number of hydrogen-bond acceptors (Lipinski definition) is 1. The van der Waals surface area contributed by atoms with Crippen LogP contribution in [-0.4, -0.2) is 19.0 Å². The first-order chi connectivity index (χ1) is 7.21. The van der Waals surface area contributed by atoms with Gasteiger partial charge < -0.3 is 4.90 Å². The van der Waals surface area contributed by atoms with Crippen LogP contribution in [0.1, 0.15) is 37.5 Å². The molecule has 0 atom stereocenters. The SMILES string of the molecule is Cc1cc(F)c(C(C)(C)C)cc1CN(C)C. The second-order valence-electron chi connectivity index (χ2n) is 5.75. The molecule has 0 N–H and O–H groups in total. The van der Waals surface area contributed by atoms with E-state index in [0.717, 1.165) is 17.7 Å². The largest absolute Gasteiger partial charge is 0.305 e. The van der Waals surface area contributed by atoms with Crippen LogP contribution >= 0.6 is 0 Å². The molecule has 0 aliphatic heterocycles. The Morgan fingerprint density at radius 1 is 1.19 bits per heavy atom. The number of nitrogens with zero attached hydrogens (tertiary/aromatic N) is 1. The van der Waals surface area contributed by atoms with Crippen molar-refractivity contribution in [2.45, 2.75) is 39.7 Å². The predicted octanol–water partition coefficient (Wildman–Crippen LogP) is 3.49. The summed E-state index contributed by atoms with van der Waals surface area (Å²) in [7, 11) is 4.05. The Morgan fingerprint density at radius 3 is 2.19 bits per heavy atom. The van der Waals surface area contributed by atoms with Crippen molar-refractivity contribution < 1.29 is 4.39 Å². The molecular formula is C14H22FN. The zero-order valence-electron chi connectivity index (χ0n) is 11.2. The average molecular weight is 223 g/mol. The van der Waals surface area contributed by atoms with Crippen molar-refractivity contribution in [2.24, 2.45) is 0 Å². The van der Waals surface area contributed by atoms with Crippen LogP contribution in [0.15, 0.2) is 12.1 Å². The van der Waals surface area contributed by atoms with Gasteiger partial charge in [0, 0.05) is 6.54 Å². The van der Waals surface area contributed by atoms with Crippen LogP contribution in [-0.2, 0) is 12.0 Å². The maximum absolute atomic E-state index is 13.9. The van der Waals surface area contributed by atoms with Gasteiger partial charge in [-0.05, 0) is 49.2 Å². The summed E-state index contributed by atoms with van der Waals surface area (Å²) >= 11 is 0. The molecule has 0 bridgehead atoms. The molecule has 16 heavy (non-hydrogen) atoms. The highest BCUT2D eigenvalue weighted by atomic mass is 19.1. The van der Waals surface area contributed by atoms with Gasteiger partial charge in [0.05, 0.1) is 0 Å². The molecule has 0 spiro atoms. The molecule has 0 saturated carbocycles. The molecule has 0 fully saturated rings. The van der Waals surface area contributed by atoms with E-state index in [1.165, 1.54) is 5.56 Å². The first-order valence-corrected chi connectivity index (χ1v) is 5.66. The molecular weight excluding hydrogens is 201 g/mol. The Kier molecular flexibility index (Phi) is 3.74. The van der Waals surface area contributed by atoms with Crippen molar-refractivity contribution in [1.29, 1.82) is 0 Å². The van der Waals surface area contributed by atoms with Crippen LogP contribution in [0, 0.1) is 12.7 Å². The van der Waals surface area contributed by atoms with E-state index in [1.54, 1.807) is 6.07 Å². The molecule has 1 nitrogen and oxygen atoms in total. The lowest BCUT2D eigenvalue weighted by atomic mass is 9.84. The van der Waals surface area contributed by atoms with Gasteiger partial charge in [-0.3, -0.25) is 0 Å². The first kappa shape index (κ1) is 13.2. The molecule has 0 saturated heterocycles. The highest BCUT2D eigenvalue weighted by molar-refractivity contribution is 5.35. The van der Waals surface area contributed by atoms with Gasteiger partial charge in [0.1, 0.15) is 5.82 Å². The summed E-state index contributed by atoms with van der Waals surface area (Å²) in [6.07, 6.45) is 0. The molecule has 1 rings (SSSR count). The summed E-state index contributed by atoms with van der Waals surface area (Å²) in [6, 6.07) is 3.66. The zero-order chi connectivity index (χ0) is 12.5. The standard InChI is InChI=1S/C14H22FN/c1-10-7-13(15)12(14(2,3)4)8-11(10)9-16(5)6/h7-8H,9H2,1-6H3. The van der Waals surface area contributed by atoms with Crippen LogP contribution < -0.4 is 0 Å². The molecule has 0 radical (unpaired) electrons. The highest BCUT2D eigenvalue weighted by Crippen LogP contribution is 2.27. The van der Waals surface area contributed by atoms with Crippen molar-refractivity contribution in [3.8, 4) is 0 Å². The number of hydrogen-bond donors (Lipinski definition) is 0. The van der Waals surface area contributed by atoms with E-state index in [2.05, 4.69) is 4.90 Å². The quantitative estimate of drug-likeness (QED) is 0.742. The minimum Gasteiger partial charge on any atom is -0.305 e. The summed E-state index contributed by atoms with van der Waals surface area (Å²) < 4.78 is 13.9. The molecule has 1 aromatic rings. The molecule has 0 heterocycles. The molecule has 0 aliphatic rings. The van der Waals surface area contributed by atoms with E-state index in [4.69, 9.17) is 0 Å². The van der Waals surface area contributed by atoms with E-state index in [0.29, 0.717) is 0 Å². The predicted molar refractivity (Wildman–Crippen MR) is 67.2 cm³/mol. The van der Waals surface area contributed by atoms with Crippen LogP contribution in [0.5, 0.6) is 0 Å². The fourth-order valence-corrected chi connectivity index (χ4v) is 1.80. The van der Waals surface area contributed by atoms with Gasteiger partial charge in [-0.15, -0.1) is 0 Å². The van der Waals surface area contributed by atoms with Gasteiger partial charge in [0.25, 0.3) is 0 Å². The highest BCUT2D eigenvalue weighted by Gasteiger charge is 2.19. The number of benzene rings is 1. The lowest BCUT2D eigenvalue weighted by molar-refractivity contribution is 0.400. The smallest absolute Gasteiger partial charge is 0.127 e. The molecule has 0 aliphatic carbocycles. The average Bonchev–Trinajstić information content (AvgIpc) is 2.06. The normalized spacial score (nSPS) is 12.2. The molecule has 0 amide bonds. The van der Waals surface area contributed by atoms with E-state index in [9.17, 15) is 4.39 Å². The van der Waals surface area contributed by atoms with Crippen molar-refractivity contribution >= 4 is 0 Å². The first-order valence-electron chi connectivity index (χ1n) is 5.66. The molecule has 1 aromatic carbocycles. The van der Waals surface area contributed by atoms with E-state index >= 15 is 0 Å². The van der Waals surface area contributed by atoms with E-state index in [1.807, 2.05) is 47.9 Å². The topological polar surface area (TPSA) is 3.24 Å². The van der Waals surface area contributed by atoms with Gasteiger partial charge in [-0.2, -0.15) is 0 Å². The summed E-state index contributed by atoms with van der Waals surface area (Å²) in [4.78, 5) is 2.10. The molecule has 0 aromatic heterocycles. The third kappa shape index (κ3) is 3.05. The maximum Gasteiger partial charge on any atom is 0.127 e. The minimum absolute atomic E-state index is 0.0903. The van der Waals surface area contributed by atoms with Crippen LogP contribution in [0.2, 0.25) is 0 Å². The van der Waals surface area contributed by atoms with Crippen LogP contribution in [0.25, 0.3) is 0 Å². The number of aryl methyl sites for hydroxylation is 1. The van der Waals surface area contributed by atoms with Crippen molar-refractivity contribution in [1.82, 2.24) is 4.90 Å². The summed E-state index contributed by atoms with van der Waals surface area (Å²) in [5.41, 5.74) is 2.89. The second-order valence-corrected chi connectivity index (χ2v) is 5.75. The van der Waals surface area contributed by atoms with Gasteiger partial charge in [0.15, 0.2) is 0 Å². The van der Waals surface area contributed by atoms with E-state index < -0.39 is 0 Å². The Balaban J connectivity index is 3.22. The van der Waals surface area contributed by atoms with Gasteiger partial charge in [-0.1, -0.05) is 26.8 Å². The summed E-state index contributed by atoms with van der Waals surface area (Å²) in [6.45, 7) is 8.95. The maximum atomic E-state index is 13.9. The third-order valence-corrected chi connectivity index (χ3v) is 2.72. The van der Waals surface area contributed by atoms with Crippen LogP contribution in [0.3, 0.4) is 0 Å². The Morgan fingerprint density at radius 2 is 1.75 bits per heavy atom. The summed E-state index contributed by atoms with van der Waals surface area (Å²) in [5.74, 6) is -0.0903. The Hall–Kier alpha value is -0.890. The number of halogens is 1. The van der Waals surface area contributed by atoms with Gasteiger partial charge in [-0.25, -0.2) is 4.39 Å². The number of rotatable bonds is 2. The van der Waals surface area contributed by atoms with Gasteiger partial charge in [0.2, 0.25) is 0 Å². The monoisotopic (exact) mass is 223 g/mol. The van der Waals surface area contributed by atoms with Crippen LogP contribution in [0.4, 0.5) is 4.39 Å². The lowest BCUT2D eigenvalue weighted by Gasteiger charge is -2.22. The fraction of sp³-hybridized carbons (Fsp3) is 0.571. The second kappa shape index (κ2) is 4.54. The van der Waals surface area contributed by atoms with E-state index in [-0.39, 0.29) is 11.2 Å². The van der Waals surface area contributed by atoms with Gasteiger partial charge >= 0.3 is 0 Å². The molecule has 0 unspecified atom stereocenters. The minimum atomic E-state index is -0.140. The third-order valence-electron chi connectivity index (χ3n) is 2.72. The van der Waals surface area contributed by atoms with Crippen molar-refractivity contribution in [2.75, 3.05) is 14.1 Å². The lowest BCUT2D eigenvalue weighted by Crippen LogP contribution is -2.17. The Bertz CT molecular complexity index is 375. The van der Waals surface area contributed by atoms with Crippen molar-refractivity contribution in [3.63, 3.8) is 0 Å². The Labute approximate surface area is 98.3 Å². The molecule has 90 valence electrons. The summed E-state index contributed by atoms with van der Waals surface area (Å²) in [5, 5.41) is 0.